The number of carboxylic acid groups (broad SMARTS) is 1. The maximum atomic E-state index is 12.7. The first-order valence-corrected chi connectivity index (χ1v) is 10.8. The monoisotopic (exact) mass is 409 g/mol. The zero-order chi connectivity index (χ0) is 21.5. The Kier molecular flexibility index (Phi) is 7.77. The summed E-state index contributed by atoms with van der Waals surface area (Å²) in [5, 5.41) is 9.46. The highest BCUT2D eigenvalue weighted by molar-refractivity contribution is 6.08. The molecule has 0 aliphatic carbocycles. The number of benzene rings is 2. The number of aliphatic carboxylic acids is 1. The lowest BCUT2D eigenvalue weighted by molar-refractivity contribution is -0.140. The standard InChI is InChI=1S/C25H31NO4/c1-3-4-5-6-22(25(28)29)24(27)21-13-9-19(10-14-21)18-7-11-20(12-8-18)23-17-30-16-15-26(23)2/h7-14,22-23H,3-6,15-17H2,1-2H3,(H,28,29). The smallest absolute Gasteiger partial charge is 0.314 e. The SMILES string of the molecule is CCCCCC(C(=O)O)C(=O)c1ccc(-c2ccc(C3COCCN3C)cc2)cc1. The molecule has 0 spiro atoms. The van der Waals surface area contributed by atoms with Crippen molar-refractivity contribution in [1.29, 1.82) is 0 Å². The van der Waals surface area contributed by atoms with Crippen LogP contribution in [0.3, 0.4) is 0 Å². The summed E-state index contributed by atoms with van der Waals surface area (Å²) in [7, 11) is 2.11. The van der Waals surface area contributed by atoms with E-state index < -0.39 is 11.9 Å². The normalized spacial score (nSPS) is 18.1. The van der Waals surface area contributed by atoms with Crippen molar-refractivity contribution in [1.82, 2.24) is 4.90 Å². The van der Waals surface area contributed by atoms with Gasteiger partial charge in [-0.2, -0.15) is 0 Å². The van der Waals surface area contributed by atoms with Gasteiger partial charge in [0.2, 0.25) is 0 Å². The van der Waals surface area contributed by atoms with Gasteiger partial charge in [-0.05, 0) is 30.2 Å². The van der Waals surface area contributed by atoms with E-state index in [-0.39, 0.29) is 11.8 Å². The number of ether oxygens (including phenoxy) is 1. The summed E-state index contributed by atoms with van der Waals surface area (Å²) in [6.45, 7) is 4.47. The molecule has 160 valence electrons. The van der Waals surface area contributed by atoms with Crippen molar-refractivity contribution < 1.29 is 19.4 Å². The zero-order valence-electron chi connectivity index (χ0n) is 17.8. The maximum Gasteiger partial charge on any atom is 0.314 e. The fourth-order valence-electron chi connectivity index (χ4n) is 3.93. The molecular weight excluding hydrogens is 378 g/mol. The van der Waals surface area contributed by atoms with Crippen LogP contribution in [-0.2, 0) is 9.53 Å². The van der Waals surface area contributed by atoms with Gasteiger partial charge in [-0.3, -0.25) is 14.5 Å². The first-order chi connectivity index (χ1) is 14.5. The van der Waals surface area contributed by atoms with Crippen LogP contribution in [0.25, 0.3) is 11.1 Å². The molecule has 1 heterocycles. The number of carboxylic acids is 1. The van der Waals surface area contributed by atoms with E-state index >= 15 is 0 Å². The average Bonchev–Trinajstić information content (AvgIpc) is 2.77. The van der Waals surface area contributed by atoms with E-state index in [0.717, 1.165) is 43.5 Å². The van der Waals surface area contributed by atoms with E-state index in [1.807, 2.05) is 12.1 Å². The molecule has 2 unspecified atom stereocenters. The topological polar surface area (TPSA) is 66.8 Å². The third kappa shape index (κ3) is 5.35. The first-order valence-electron chi connectivity index (χ1n) is 10.8. The van der Waals surface area contributed by atoms with Crippen LogP contribution in [0.2, 0.25) is 0 Å². The van der Waals surface area contributed by atoms with Gasteiger partial charge in [0.15, 0.2) is 5.78 Å². The third-order valence-electron chi connectivity index (χ3n) is 5.91. The molecule has 5 nitrogen and oxygen atoms in total. The zero-order valence-corrected chi connectivity index (χ0v) is 17.8. The summed E-state index contributed by atoms with van der Waals surface area (Å²) >= 11 is 0. The van der Waals surface area contributed by atoms with Crippen LogP contribution in [0.5, 0.6) is 0 Å². The Morgan fingerprint density at radius 1 is 1.07 bits per heavy atom. The number of hydrogen-bond acceptors (Lipinski definition) is 4. The van der Waals surface area contributed by atoms with E-state index in [0.29, 0.717) is 18.6 Å². The van der Waals surface area contributed by atoms with Gasteiger partial charge < -0.3 is 9.84 Å². The predicted octanol–water partition coefficient (Wildman–Crippen LogP) is 4.82. The van der Waals surface area contributed by atoms with Crippen molar-refractivity contribution in [2.75, 3.05) is 26.8 Å². The van der Waals surface area contributed by atoms with Gasteiger partial charge in [0.05, 0.1) is 19.3 Å². The Labute approximate surface area is 178 Å². The Bertz CT molecular complexity index is 844. The molecule has 1 N–H and O–H groups in total. The lowest BCUT2D eigenvalue weighted by Gasteiger charge is -2.32. The lowest BCUT2D eigenvalue weighted by Crippen LogP contribution is -2.36. The summed E-state index contributed by atoms with van der Waals surface area (Å²) in [4.78, 5) is 26.5. The second-order valence-electron chi connectivity index (χ2n) is 8.02. The van der Waals surface area contributed by atoms with Gasteiger partial charge in [-0.15, -0.1) is 0 Å². The number of likely N-dealkylation sites (N-methyl/N-ethyl adjacent to an activating group) is 1. The van der Waals surface area contributed by atoms with E-state index in [4.69, 9.17) is 4.74 Å². The largest absolute Gasteiger partial charge is 0.481 e. The van der Waals surface area contributed by atoms with E-state index in [1.165, 1.54) is 5.56 Å². The number of rotatable bonds is 9. The van der Waals surface area contributed by atoms with Crippen molar-refractivity contribution in [3.63, 3.8) is 0 Å². The molecule has 0 radical (unpaired) electrons. The van der Waals surface area contributed by atoms with E-state index in [9.17, 15) is 14.7 Å². The summed E-state index contributed by atoms with van der Waals surface area (Å²) in [6.07, 6.45) is 3.09. The van der Waals surface area contributed by atoms with E-state index in [1.54, 1.807) is 12.1 Å². The fraction of sp³-hybridized carbons (Fsp3) is 0.440. The van der Waals surface area contributed by atoms with Gasteiger partial charge in [0.25, 0.3) is 0 Å². The molecule has 5 heteroatoms. The van der Waals surface area contributed by atoms with Gasteiger partial charge >= 0.3 is 5.97 Å². The van der Waals surface area contributed by atoms with Gasteiger partial charge in [-0.25, -0.2) is 0 Å². The number of carbonyl (C=O) groups excluding carboxylic acids is 1. The van der Waals surface area contributed by atoms with Crippen LogP contribution in [0, 0.1) is 5.92 Å². The number of unbranched alkanes of at least 4 members (excludes halogenated alkanes) is 2. The van der Waals surface area contributed by atoms with Crippen LogP contribution in [0.4, 0.5) is 0 Å². The van der Waals surface area contributed by atoms with Crippen molar-refractivity contribution in [3.05, 3.63) is 59.7 Å². The number of hydrogen-bond donors (Lipinski definition) is 1. The van der Waals surface area contributed by atoms with E-state index in [2.05, 4.69) is 43.1 Å². The fourth-order valence-corrected chi connectivity index (χ4v) is 3.93. The molecule has 2 aromatic carbocycles. The molecule has 2 aromatic rings. The molecule has 0 aromatic heterocycles. The minimum Gasteiger partial charge on any atom is -0.481 e. The third-order valence-corrected chi connectivity index (χ3v) is 5.91. The molecule has 1 aliphatic heterocycles. The maximum absolute atomic E-state index is 12.7. The van der Waals surface area contributed by atoms with Crippen molar-refractivity contribution in [2.24, 2.45) is 5.92 Å². The molecule has 2 atom stereocenters. The minimum absolute atomic E-state index is 0.272. The Balaban J connectivity index is 1.70. The highest BCUT2D eigenvalue weighted by Crippen LogP contribution is 2.27. The summed E-state index contributed by atoms with van der Waals surface area (Å²) in [5.41, 5.74) is 3.75. The molecule has 1 fully saturated rings. The van der Waals surface area contributed by atoms with Crippen molar-refractivity contribution in [2.45, 2.75) is 38.6 Å². The summed E-state index contributed by atoms with van der Waals surface area (Å²) in [5.74, 6) is -2.30. The van der Waals surface area contributed by atoms with Crippen LogP contribution < -0.4 is 0 Å². The summed E-state index contributed by atoms with van der Waals surface area (Å²) < 4.78 is 5.61. The average molecular weight is 410 g/mol. The Morgan fingerprint density at radius 3 is 2.27 bits per heavy atom. The van der Waals surface area contributed by atoms with Crippen molar-refractivity contribution >= 4 is 11.8 Å². The van der Waals surface area contributed by atoms with Gasteiger partial charge in [0, 0.05) is 12.1 Å². The predicted molar refractivity (Wildman–Crippen MR) is 118 cm³/mol. The number of carbonyl (C=O) groups is 2. The van der Waals surface area contributed by atoms with Crippen LogP contribution in [0.1, 0.15) is 54.6 Å². The minimum atomic E-state index is -1.03. The molecular formula is C25H31NO4. The number of Topliss-reactive ketones (excluding diaryl/α,β-unsaturated/α-hetero) is 1. The second-order valence-corrected chi connectivity index (χ2v) is 8.02. The molecule has 30 heavy (non-hydrogen) atoms. The van der Waals surface area contributed by atoms with Crippen LogP contribution in [-0.4, -0.2) is 48.6 Å². The van der Waals surface area contributed by atoms with Gasteiger partial charge in [-0.1, -0.05) is 74.7 Å². The number of ketones is 1. The molecule has 0 bridgehead atoms. The van der Waals surface area contributed by atoms with Crippen LogP contribution in [0.15, 0.2) is 48.5 Å². The van der Waals surface area contributed by atoms with Gasteiger partial charge in [0.1, 0.15) is 5.92 Å². The first kappa shape index (κ1) is 22.2. The molecule has 1 saturated heterocycles. The Hall–Kier alpha value is -2.50. The molecule has 0 amide bonds. The highest BCUT2D eigenvalue weighted by atomic mass is 16.5. The summed E-state index contributed by atoms with van der Waals surface area (Å²) in [6, 6.07) is 15.9. The molecule has 3 rings (SSSR count). The lowest BCUT2D eigenvalue weighted by atomic mass is 9.91. The highest BCUT2D eigenvalue weighted by Gasteiger charge is 2.26. The van der Waals surface area contributed by atoms with Crippen molar-refractivity contribution in [3.8, 4) is 11.1 Å². The number of morpholine rings is 1. The number of nitrogens with zero attached hydrogens (tertiary/aromatic N) is 1. The quantitative estimate of drug-likeness (QED) is 0.365. The molecule has 0 saturated carbocycles. The molecule has 1 aliphatic rings. The van der Waals surface area contributed by atoms with Crippen LogP contribution >= 0.6 is 0 Å². The Morgan fingerprint density at radius 2 is 1.70 bits per heavy atom. The second kappa shape index (κ2) is 10.5.